The minimum absolute atomic E-state index is 0.196. The summed E-state index contributed by atoms with van der Waals surface area (Å²) in [4.78, 5) is 0. The van der Waals surface area contributed by atoms with E-state index in [9.17, 15) is 8.42 Å². The Morgan fingerprint density at radius 3 is 2.40 bits per heavy atom. The first-order valence-corrected chi connectivity index (χ1v) is 6.67. The molecule has 4 heteroatoms. The maximum Gasteiger partial charge on any atom is 0.264 e. The minimum Gasteiger partial charge on any atom is -0.270 e. The van der Waals surface area contributed by atoms with Crippen molar-refractivity contribution in [3.8, 4) is 0 Å². The highest BCUT2D eigenvalue weighted by Crippen LogP contribution is 2.09. The summed E-state index contributed by atoms with van der Waals surface area (Å²) in [6.45, 7) is 2.21. The molecule has 0 saturated heterocycles. The van der Waals surface area contributed by atoms with Crippen LogP contribution in [0.15, 0.2) is 30.3 Å². The first-order valence-electron chi connectivity index (χ1n) is 4.86. The molecule has 0 N–H and O–H groups in total. The van der Waals surface area contributed by atoms with Gasteiger partial charge >= 0.3 is 0 Å². The molecule has 0 saturated carbocycles. The van der Waals surface area contributed by atoms with Gasteiger partial charge in [0, 0.05) is 0 Å². The highest BCUT2D eigenvalue weighted by atomic mass is 32.2. The normalized spacial score (nSPS) is 13.7. The van der Waals surface area contributed by atoms with E-state index >= 15 is 0 Å². The highest BCUT2D eigenvalue weighted by Gasteiger charge is 2.08. The van der Waals surface area contributed by atoms with Crippen molar-refractivity contribution in [3.05, 3.63) is 35.9 Å². The first-order chi connectivity index (χ1) is 6.97. The Morgan fingerprint density at radius 2 is 1.87 bits per heavy atom. The summed E-state index contributed by atoms with van der Waals surface area (Å²) in [6, 6.07) is 9.95. The van der Waals surface area contributed by atoms with E-state index in [1.54, 1.807) is 0 Å². The van der Waals surface area contributed by atoms with Crippen LogP contribution in [0.5, 0.6) is 0 Å². The Balaban J connectivity index is 2.40. The topological polar surface area (TPSA) is 43.4 Å². The van der Waals surface area contributed by atoms with Crippen LogP contribution in [0.1, 0.15) is 12.5 Å². The van der Waals surface area contributed by atoms with Crippen LogP contribution in [0, 0.1) is 5.92 Å². The van der Waals surface area contributed by atoms with Crippen molar-refractivity contribution in [2.75, 3.05) is 12.9 Å². The molecule has 0 aromatic heterocycles. The lowest BCUT2D eigenvalue weighted by atomic mass is 10.0. The molecule has 3 nitrogen and oxygen atoms in total. The van der Waals surface area contributed by atoms with Gasteiger partial charge in [-0.2, -0.15) is 8.42 Å². The van der Waals surface area contributed by atoms with Gasteiger partial charge in [-0.25, -0.2) is 0 Å². The van der Waals surface area contributed by atoms with Gasteiger partial charge in [-0.15, -0.1) is 0 Å². The van der Waals surface area contributed by atoms with Crippen LogP contribution in [0.2, 0.25) is 0 Å². The summed E-state index contributed by atoms with van der Waals surface area (Å²) in [5.74, 6) is 0.196. The van der Waals surface area contributed by atoms with Gasteiger partial charge in [-0.1, -0.05) is 37.3 Å². The molecule has 0 amide bonds. The zero-order chi connectivity index (χ0) is 11.3. The summed E-state index contributed by atoms with van der Waals surface area (Å²) in [6.07, 6.45) is 1.90. The predicted molar refractivity (Wildman–Crippen MR) is 60.1 cm³/mol. The van der Waals surface area contributed by atoms with E-state index in [-0.39, 0.29) is 12.5 Å². The lowest BCUT2D eigenvalue weighted by Gasteiger charge is -2.10. The molecule has 84 valence electrons. The molecule has 1 aromatic carbocycles. The molecular formula is C11H16O3S. The smallest absolute Gasteiger partial charge is 0.264 e. The number of hydrogen-bond donors (Lipinski definition) is 0. The quantitative estimate of drug-likeness (QED) is 0.722. The van der Waals surface area contributed by atoms with Crippen LogP contribution in [0.25, 0.3) is 0 Å². The monoisotopic (exact) mass is 228 g/mol. The van der Waals surface area contributed by atoms with Crippen LogP contribution < -0.4 is 0 Å². The molecule has 1 rings (SSSR count). The fourth-order valence-corrected chi connectivity index (χ4v) is 1.79. The van der Waals surface area contributed by atoms with Gasteiger partial charge in [0.1, 0.15) is 0 Å². The standard InChI is InChI=1S/C11H16O3S/c1-10(9-14-15(2,12)13)8-11-6-4-3-5-7-11/h3-7,10H,8-9H2,1-2H3. The van der Waals surface area contributed by atoms with E-state index in [2.05, 4.69) is 0 Å². The molecule has 0 aliphatic rings. The van der Waals surface area contributed by atoms with Crippen molar-refractivity contribution in [3.63, 3.8) is 0 Å². The largest absolute Gasteiger partial charge is 0.270 e. The molecule has 0 heterocycles. The second-order valence-corrected chi connectivity index (χ2v) is 5.43. The van der Waals surface area contributed by atoms with Crippen LogP contribution >= 0.6 is 0 Å². The maximum atomic E-state index is 10.8. The molecule has 0 bridgehead atoms. The Morgan fingerprint density at radius 1 is 1.27 bits per heavy atom. The summed E-state index contributed by atoms with van der Waals surface area (Å²) in [5.41, 5.74) is 1.20. The number of hydrogen-bond acceptors (Lipinski definition) is 3. The second kappa shape index (κ2) is 5.28. The molecular weight excluding hydrogens is 212 g/mol. The minimum atomic E-state index is -3.31. The van der Waals surface area contributed by atoms with Crippen LogP contribution in [0.4, 0.5) is 0 Å². The van der Waals surface area contributed by atoms with Crippen molar-refractivity contribution in [1.82, 2.24) is 0 Å². The van der Waals surface area contributed by atoms with Crippen molar-refractivity contribution in [2.24, 2.45) is 5.92 Å². The lowest BCUT2D eigenvalue weighted by Crippen LogP contribution is -2.12. The molecule has 1 atom stereocenters. The molecule has 1 aromatic rings. The van der Waals surface area contributed by atoms with Crippen LogP contribution in [0.3, 0.4) is 0 Å². The van der Waals surface area contributed by atoms with Gasteiger partial charge < -0.3 is 0 Å². The number of rotatable bonds is 5. The average molecular weight is 228 g/mol. The summed E-state index contributed by atoms with van der Waals surface area (Å²) >= 11 is 0. The van der Waals surface area contributed by atoms with Crippen molar-refractivity contribution in [1.29, 1.82) is 0 Å². The predicted octanol–water partition coefficient (Wildman–Crippen LogP) is 1.84. The molecule has 1 unspecified atom stereocenters. The average Bonchev–Trinajstić information content (AvgIpc) is 2.15. The summed E-state index contributed by atoms with van der Waals surface area (Å²) in [7, 11) is -3.31. The molecule has 0 aliphatic carbocycles. The molecule has 0 aliphatic heterocycles. The van der Waals surface area contributed by atoms with E-state index in [1.807, 2.05) is 37.3 Å². The van der Waals surface area contributed by atoms with E-state index in [0.717, 1.165) is 12.7 Å². The Hall–Kier alpha value is -0.870. The Bertz CT molecular complexity index is 384. The van der Waals surface area contributed by atoms with E-state index in [0.29, 0.717) is 0 Å². The third-order valence-corrected chi connectivity index (χ3v) is 2.56. The van der Waals surface area contributed by atoms with Crippen LogP contribution in [-0.2, 0) is 20.7 Å². The maximum absolute atomic E-state index is 10.8. The van der Waals surface area contributed by atoms with E-state index in [1.165, 1.54) is 5.56 Å². The third-order valence-electron chi connectivity index (χ3n) is 1.99. The van der Waals surface area contributed by atoms with E-state index in [4.69, 9.17) is 4.18 Å². The van der Waals surface area contributed by atoms with Gasteiger partial charge in [-0.3, -0.25) is 4.18 Å². The first kappa shape index (κ1) is 12.2. The van der Waals surface area contributed by atoms with Crippen LogP contribution in [-0.4, -0.2) is 21.3 Å². The Kier molecular flexibility index (Phi) is 4.29. The molecule has 0 radical (unpaired) electrons. The van der Waals surface area contributed by atoms with Crippen molar-refractivity contribution in [2.45, 2.75) is 13.3 Å². The molecule has 15 heavy (non-hydrogen) atoms. The van der Waals surface area contributed by atoms with Gasteiger partial charge in [0.25, 0.3) is 10.1 Å². The van der Waals surface area contributed by atoms with E-state index < -0.39 is 10.1 Å². The second-order valence-electron chi connectivity index (χ2n) is 3.78. The van der Waals surface area contributed by atoms with Crippen molar-refractivity contribution >= 4 is 10.1 Å². The fourth-order valence-electron chi connectivity index (χ4n) is 1.32. The van der Waals surface area contributed by atoms with Gasteiger partial charge in [0.2, 0.25) is 0 Å². The van der Waals surface area contributed by atoms with Crippen molar-refractivity contribution < 1.29 is 12.6 Å². The number of benzene rings is 1. The molecule has 0 fully saturated rings. The van der Waals surface area contributed by atoms with Gasteiger partial charge in [0.05, 0.1) is 12.9 Å². The molecule has 0 spiro atoms. The zero-order valence-electron chi connectivity index (χ0n) is 9.01. The SMILES string of the molecule is CC(COS(C)(=O)=O)Cc1ccccc1. The van der Waals surface area contributed by atoms with Gasteiger partial charge in [-0.05, 0) is 17.9 Å². The zero-order valence-corrected chi connectivity index (χ0v) is 9.83. The van der Waals surface area contributed by atoms with Gasteiger partial charge in [0.15, 0.2) is 0 Å². The highest BCUT2D eigenvalue weighted by molar-refractivity contribution is 7.85. The summed E-state index contributed by atoms with van der Waals surface area (Å²) < 4.78 is 26.3. The summed E-state index contributed by atoms with van der Waals surface area (Å²) in [5, 5.41) is 0. The lowest BCUT2D eigenvalue weighted by molar-refractivity contribution is 0.266. The fraction of sp³-hybridized carbons (Fsp3) is 0.455. The Labute approximate surface area is 91.2 Å². The third kappa shape index (κ3) is 5.54.